The molecule has 0 aliphatic heterocycles. The Balaban J connectivity index is 2.23. The standard InChI is InChI=1S/C17H16N2S/c1-12-7-9-14(10-8-12)16-11-18-17(20)19(16)15-6-4-3-5-13(15)2/h3-11H,1-2H3,(H,18,20). The van der Waals surface area contributed by atoms with E-state index in [1.165, 1.54) is 11.1 Å². The highest BCUT2D eigenvalue weighted by Crippen LogP contribution is 2.25. The molecule has 3 heteroatoms. The minimum absolute atomic E-state index is 0.717. The van der Waals surface area contributed by atoms with Crippen LogP contribution in [0.3, 0.4) is 0 Å². The molecule has 0 aliphatic rings. The molecule has 0 fully saturated rings. The van der Waals surface area contributed by atoms with E-state index in [1.807, 2.05) is 18.3 Å². The van der Waals surface area contributed by atoms with Gasteiger partial charge in [-0.3, -0.25) is 4.57 Å². The van der Waals surface area contributed by atoms with Crippen LogP contribution in [0.15, 0.2) is 54.7 Å². The maximum atomic E-state index is 5.45. The molecule has 100 valence electrons. The Morgan fingerprint density at radius 2 is 1.65 bits per heavy atom. The maximum Gasteiger partial charge on any atom is 0.182 e. The first-order valence-electron chi connectivity index (χ1n) is 6.60. The number of hydrogen-bond acceptors (Lipinski definition) is 1. The Labute approximate surface area is 123 Å². The average molecular weight is 280 g/mol. The van der Waals surface area contributed by atoms with Crippen LogP contribution in [-0.2, 0) is 0 Å². The number of hydrogen-bond donors (Lipinski definition) is 1. The van der Waals surface area contributed by atoms with Gasteiger partial charge >= 0.3 is 0 Å². The van der Waals surface area contributed by atoms with Crippen molar-refractivity contribution in [3.8, 4) is 16.9 Å². The minimum Gasteiger partial charge on any atom is -0.336 e. The summed E-state index contributed by atoms with van der Waals surface area (Å²) in [6, 6.07) is 16.8. The average Bonchev–Trinajstić information content (AvgIpc) is 2.82. The molecule has 1 N–H and O–H groups in total. The molecule has 3 aromatic rings. The van der Waals surface area contributed by atoms with Crippen molar-refractivity contribution in [3.05, 3.63) is 70.6 Å². The van der Waals surface area contributed by atoms with Gasteiger partial charge in [0.1, 0.15) is 0 Å². The van der Waals surface area contributed by atoms with Crippen molar-refractivity contribution in [1.82, 2.24) is 9.55 Å². The van der Waals surface area contributed by atoms with Gasteiger partial charge < -0.3 is 4.98 Å². The summed E-state index contributed by atoms with van der Waals surface area (Å²) in [7, 11) is 0. The normalized spacial score (nSPS) is 10.7. The van der Waals surface area contributed by atoms with E-state index < -0.39 is 0 Å². The van der Waals surface area contributed by atoms with Crippen molar-refractivity contribution in [3.63, 3.8) is 0 Å². The van der Waals surface area contributed by atoms with Crippen LogP contribution in [0.25, 0.3) is 16.9 Å². The zero-order valence-corrected chi connectivity index (χ0v) is 12.4. The number of rotatable bonds is 2. The summed E-state index contributed by atoms with van der Waals surface area (Å²) in [4.78, 5) is 3.15. The summed E-state index contributed by atoms with van der Waals surface area (Å²) in [6.45, 7) is 4.19. The molecule has 0 unspecified atom stereocenters. The molecule has 20 heavy (non-hydrogen) atoms. The second-order valence-electron chi connectivity index (χ2n) is 4.97. The third-order valence-electron chi connectivity index (χ3n) is 3.48. The molecular weight excluding hydrogens is 264 g/mol. The van der Waals surface area contributed by atoms with Crippen LogP contribution in [0.5, 0.6) is 0 Å². The van der Waals surface area contributed by atoms with Crippen molar-refractivity contribution < 1.29 is 0 Å². The number of aryl methyl sites for hydroxylation is 2. The molecule has 0 aliphatic carbocycles. The second-order valence-corrected chi connectivity index (χ2v) is 5.35. The topological polar surface area (TPSA) is 20.7 Å². The van der Waals surface area contributed by atoms with E-state index in [9.17, 15) is 0 Å². The summed E-state index contributed by atoms with van der Waals surface area (Å²) in [5.41, 5.74) is 5.83. The zero-order valence-electron chi connectivity index (χ0n) is 11.6. The Morgan fingerprint density at radius 1 is 0.950 bits per heavy atom. The second kappa shape index (κ2) is 5.10. The van der Waals surface area contributed by atoms with Crippen molar-refractivity contribution in [2.24, 2.45) is 0 Å². The molecule has 0 amide bonds. The van der Waals surface area contributed by atoms with E-state index in [4.69, 9.17) is 12.2 Å². The number of aromatic nitrogens is 2. The molecule has 0 bridgehead atoms. The Morgan fingerprint density at radius 3 is 2.35 bits per heavy atom. The number of nitrogens with one attached hydrogen (secondary N) is 1. The summed E-state index contributed by atoms with van der Waals surface area (Å²) >= 11 is 5.45. The lowest BCUT2D eigenvalue weighted by molar-refractivity contribution is 1.02. The molecule has 0 radical (unpaired) electrons. The van der Waals surface area contributed by atoms with Gasteiger partial charge in [0, 0.05) is 11.8 Å². The van der Waals surface area contributed by atoms with Crippen LogP contribution in [-0.4, -0.2) is 9.55 Å². The fourth-order valence-corrected chi connectivity index (χ4v) is 2.61. The Hall–Kier alpha value is -2.13. The number of aromatic amines is 1. The number of para-hydroxylation sites is 1. The molecular formula is C17H16N2S. The van der Waals surface area contributed by atoms with Crippen molar-refractivity contribution in [2.75, 3.05) is 0 Å². The lowest BCUT2D eigenvalue weighted by Crippen LogP contribution is -1.99. The van der Waals surface area contributed by atoms with Crippen molar-refractivity contribution in [2.45, 2.75) is 13.8 Å². The lowest BCUT2D eigenvalue weighted by Gasteiger charge is -2.11. The largest absolute Gasteiger partial charge is 0.336 e. The van der Waals surface area contributed by atoms with Gasteiger partial charge in [-0.15, -0.1) is 0 Å². The number of nitrogens with zero attached hydrogens (tertiary/aromatic N) is 1. The Bertz CT molecular complexity index is 794. The number of imidazole rings is 1. The van der Waals surface area contributed by atoms with Crippen LogP contribution in [0.2, 0.25) is 0 Å². The fourth-order valence-electron chi connectivity index (χ4n) is 2.36. The molecule has 2 nitrogen and oxygen atoms in total. The quantitative estimate of drug-likeness (QED) is 0.667. The smallest absolute Gasteiger partial charge is 0.182 e. The summed E-state index contributed by atoms with van der Waals surface area (Å²) in [6.07, 6.45) is 1.97. The molecule has 0 saturated heterocycles. The highest BCUT2D eigenvalue weighted by atomic mass is 32.1. The van der Waals surface area contributed by atoms with Crippen molar-refractivity contribution >= 4 is 12.2 Å². The zero-order chi connectivity index (χ0) is 14.1. The third-order valence-corrected chi connectivity index (χ3v) is 3.78. The maximum absolute atomic E-state index is 5.45. The predicted molar refractivity (Wildman–Crippen MR) is 85.9 cm³/mol. The predicted octanol–water partition coefficient (Wildman–Crippen LogP) is 4.82. The van der Waals surface area contributed by atoms with E-state index in [0.29, 0.717) is 0 Å². The van der Waals surface area contributed by atoms with E-state index in [-0.39, 0.29) is 0 Å². The van der Waals surface area contributed by atoms with Crippen LogP contribution in [0, 0.1) is 18.6 Å². The van der Waals surface area contributed by atoms with Crippen LogP contribution >= 0.6 is 12.2 Å². The summed E-state index contributed by atoms with van der Waals surface area (Å²) in [5.74, 6) is 0. The van der Waals surface area contributed by atoms with Gasteiger partial charge in [-0.2, -0.15) is 0 Å². The van der Waals surface area contributed by atoms with E-state index in [0.717, 1.165) is 21.7 Å². The first-order valence-corrected chi connectivity index (χ1v) is 7.01. The third kappa shape index (κ3) is 2.21. The molecule has 2 aromatic carbocycles. The van der Waals surface area contributed by atoms with Crippen LogP contribution in [0.1, 0.15) is 11.1 Å². The van der Waals surface area contributed by atoms with E-state index >= 15 is 0 Å². The van der Waals surface area contributed by atoms with Gasteiger partial charge in [0.2, 0.25) is 0 Å². The summed E-state index contributed by atoms with van der Waals surface area (Å²) < 4.78 is 2.81. The number of benzene rings is 2. The van der Waals surface area contributed by atoms with Crippen LogP contribution < -0.4 is 0 Å². The molecule has 0 atom stereocenters. The van der Waals surface area contributed by atoms with Crippen molar-refractivity contribution in [1.29, 1.82) is 0 Å². The molecule has 1 heterocycles. The number of H-pyrrole nitrogens is 1. The van der Waals surface area contributed by atoms with Gasteiger partial charge in [0.25, 0.3) is 0 Å². The highest BCUT2D eigenvalue weighted by Gasteiger charge is 2.10. The van der Waals surface area contributed by atoms with Crippen LogP contribution in [0.4, 0.5) is 0 Å². The molecule has 0 saturated carbocycles. The molecule has 0 spiro atoms. The molecule has 1 aromatic heterocycles. The fraction of sp³-hybridized carbons (Fsp3) is 0.118. The van der Waals surface area contributed by atoms with Gasteiger partial charge in [0.05, 0.1) is 11.4 Å². The van der Waals surface area contributed by atoms with Gasteiger partial charge in [-0.1, -0.05) is 48.0 Å². The molecule has 3 rings (SSSR count). The van der Waals surface area contributed by atoms with E-state index in [2.05, 4.69) is 59.8 Å². The van der Waals surface area contributed by atoms with Gasteiger partial charge in [-0.25, -0.2) is 0 Å². The first kappa shape index (κ1) is 12.9. The lowest BCUT2D eigenvalue weighted by atomic mass is 10.1. The summed E-state index contributed by atoms with van der Waals surface area (Å²) in [5, 5.41) is 0. The Kier molecular flexibility index (Phi) is 3.28. The monoisotopic (exact) mass is 280 g/mol. The minimum atomic E-state index is 0.717. The highest BCUT2D eigenvalue weighted by molar-refractivity contribution is 7.71. The first-order chi connectivity index (χ1) is 9.66. The SMILES string of the molecule is Cc1ccc(-c2c[nH]c(=S)n2-c2ccccc2C)cc1. The van der Waals surface area contributed by atoms with E-state index in [1.54, 1.807) is 0 Å². The van der Waals surface area contributed by atoms with Gasteiger partial charge in [-0.05, 0) is 37.7 Å². The van der Waals surface area contributed by atoms with Gasteiger partial charge in [0.15, 0.2) is 4.77 Å².